The molecule has 7 heteroatoms. The zero-order valence-corrected chi connectivity index (χ0v) is 15.6. The number of H-pyrrole nitrogens is 1. The van der Waals surface area contributed by atoms with Crippen LogP contribution in [0.5, 0.6) is 0 Å². The standard InChI is InChI=1S/C18H23ClN4O.ClH/c19-13-2-4-17-16(9-13)12(11-22-17)1-3-14-10-15(5-6-20-14)23-8-7-21-18(23)24;/h2,4,9,11,14-15,20,22H,1,3,5-8,10H2,(H,21,24);1H. The molecule has 2 aromatic rings. The number of carbonyl (C=O) groups excluding carboxylic acids is 1. The summed E-state index contributed by atoms with van der Waals surface area (Å²) in [7, 11) is 0. The van der Waals surface area contributed by atoms with Crippen LogP contribution in [0.4, 0.5) is 4.79 Å². The first-order valence-electron chi connectivity index (χ1n) is 8.74. The Balaban J connectivity index is 0.00000182. The zero-order valence-electron chi connectivity index (χ0n) is 14.1. The molecule has 25 heavy (non-hydrogen) atoms. The number of piperidine rings is 1. The number of benzene rings is 1. The molecule has 0 aliphatic carbocycles. The van der Waals surface area contributed by atoms with Crippen molar-refractivity contribution >= 4 is 40.9 Å². The van der Waals surface area contributed by atoms with Crippen molar-refractivity contribution in [2.45, 2.75) is 37.8 Å². The summed E-state index contributed by atoms with van der Waals surface area (Å²) < 4.78 is 0. The minimum absolute atomic E-state index is 0. The Morgan fingerprint density at radius 2 is 2.16 bits per heavy atom. The molecule has 3 N–H and O–H groups in total. The highest BCUT2D eigenvalue weighted by Gasteiger charge is 2.31. The summed E-state index contributed by atoms with van der Waals surface area (Å²) in [4.78, 5) is 17.2. The third kappa shape index (κ3) is 3.89. The van der Waals surface area contributed by atoms with E-state index in [0.717, 1.165) is 55.9 Å². The van der Waals surface area contributed by atoms with Crippen LogP contribution in [0.3, 0.4) is 0 Å². The number of fused-ring (bicyclic) bond motifs is 1. The number of hydrogen-bond acceptors (Lipinski definition) is 2. The molecule has 2 aliphatic heterocycles. The molecule has 1 aromatic heterocycles. The molecule has 2 atom stereocenters. The van der Waals surface area contributed by atoms with Gasteiger partial charge in [0.2, 0.25) is 0 Å². The van der Waals surface area contributed by atoms with E-state index in [9.17, 15) is 4.79 Å². The summed E-state index contributed by atoms with van der Waals surface area (Å²) in [6.45, 7) is 2.61. The van der Waals surface area contributed by atoms with Crippen molar-refractivity contribution in [1.29, 1.82) is 0 Å². The number of aromatic amines is 1. The fraction of sp³-hybridized carbons (Fsp3) is 0.500. The molecule has 0 saturated carbocycles. The fourth-order valence-corrected chi connectivity index (χ4v) is 4.18. The quantitative estimate of drug-likeness (QED) is 0.759. The minimum Gasteiger partial charge on any atom is -0.361 e. The van der Waals surface area contributed by atoms with Gasteiger partial charge in [0.25, 0.3) is 0 Å². The summed E-state index contributed by atoms with van der Waals surface area (Å²) in [5, 5.41) is 8.52. The maximum Gasteiger partial charge on any atom is 0.317 e. The Bertz CT molecular complexity index is 748. The summed E-state index contributed by atoms with van der Waals surface area (Å²) in [5.74, 6) is 0. The van der Waals surface area contributed by atoms with Gasteiger partial charge >= 0.3 is 6.03 Å². The first-order chi connectivity index (χ1) is 11.7. The van der Waals surface area contributed by atoms with Gasteiger partial charge in [-0.25, -0.2) is 4.79 Å². The first-order valence-corrected chi connectivity index (χ1v) is 9.12. The Morgan fingerprint density at radius 3 is 2.96 bits per heavy atom. The lowest BCUT2D eigenvalue weighted by Crippen LogP contribution is -2.49. The Morgan fingerprint density at radius 1 is 1.28 bits per heavy atom. The normalized spacial score (nSPS) is 23.6. The van der Waals surface area contributed by atoms with E-state index in [-0.39, 0.29) is 18.4 Å². The predicted octanol–water partition coefficient (Wildman–Crippen LogP) is 3.32. The number of aryl methyl sites for hydroxylation is 1. The van der Waals surface area contributed by atoms with Gasteiger partial charge in [-0.1, -0.05) is 11.6 Å². The van der Waals surface area contributed by atoms with Gasteiger partial charge in [-0.15, -0.1) is 12.4 Å². The second kappa shape index (κ2) is 7.85. The Labute approximate surface area is 158 Å². The monoisotopic (exact) mass is 382 g/mol. The number of urea groups is 1. The van der Waals surface area contributed by atoms with Gasteiger partial charge in [-0.05, 0) is 56.0 Å². The maximum absolute atomic E-state index is 11.9. The topological polar surface area (TPSA) is 60.2 Å². The van der Waals surface area contributed by atoms with Crippen LogP contribution >= 0.6 is 24.0 Å². The van der Waals surface area contributed by atoms with Crippen LogP contribution in [0.2, 0.25) is 5.02 Å². The maximum atomic E-state index is 11.9. The molecule has 2 saturated heterocycles. The molecule has 1 aromatic carbocycles. The van der Waals surface area contributed by atoms with Crippen LogP contribution in [-0.2, 0) is 6.42 Å². The van der Waals surface area contributed by atoms with Gasteiger partial charge in [0.15, 0.2) is 0 Å². The molecule has 0 radical (unpaired) electrons. The van der Waals surface area contributed by atoms with Crippen molar-refractivity contribution in [3.8, 4) is 0 Å². The summed E-state index contributed by atoms with van der Waals surface area (Å²) in [6.07, 6.45) is 6.26. The van der Waals surface area contributed by atoms with Crippen LogP contribution in [0.15, 0.2) is 24.4 Å². The number of amides is 2. The number of hydrogen-bond donors (Lipinski definition) is 3. The van der Waals surface area contributed by atoms with Gasteiger partial charge in [0.1, 0.15) is 0 Å². The Hall–Kier alpha value is -1.43. The molecule has 4 rings (SSSR count). The molecule has 0 spiro atoms. The second-order valence-electron chi connectivity index (χ2n) is 6.80. The lowest BCUT2D eigenvalue weighted by Gasteiger charge is -2.35. The molecule has 0 bridgehead atoms. The SMILES string of the molecule is Cl.O=C1NCCN1C1CCNC(CCc2c[nH]c3ccc(Cl)cc23)C1. The highest BCUT2D eigenvalue weighted by molar-refractivity contribution is 6.31. The number of halogens is 2. The van der Waals surface area contributed by atoms with Crippen molar-refractivity contribution in [1.82, 2.24) is 20.5 Å². The van der Waals surface area contributed by atoms with Gasteiger partial charge in [-0.3, -0.25) is 0 Å². The molecule has 2 fully saturated rings. The molecule has 136 valence electrons. The largest absolute Gasteiger partial charge is 0.361 e. The van der Waals surface area contributed by atoms with Gasteiger partial charge in [0.05, 0.1) is 0 Å². The van der Waals surface area contributed by atoms with Crippen molar-refractivity contribution in [2.24, 2.45) is 0 Å². The number of nitrogens with one attached hydrogen (secondary N) is 3. The lowest BCUT2D eigenvalue weighted by molar-refractivity contribution is 0.169. The van der Waals surface area contributed by atoms with Crippen molar-refractivity contribution < 1.29 is 4.79 Å². The van der Waals surface area contributed by atoms with Crippen LogP contribution in [0, 0.1) is 0 Å². The van der Waals surface area contributed by atoms with Gasteiger partial charge in [0, 0.05) is 47.3 Å². The van der Waals surface area contributed by atoms with Crippen molar-refractivity contribution in [2.75, 3.05) is 19.6 Å². The van der Waals surface area contributed by atoms with Gasteiger partial charge in [-0.2, -0.15) is 0 Å². The van der Waals surface area contributed by atoms with E-state index in [1.807, 2.05) is 23.1 Å². The molecule has 3 heterocycles. The van der Waals surface area contributed by atoms with Crippen LogP contribution in [0.1, 0.15) is 24.8 Å². The van der Waals surface area contributed by atoms with Gasteiger partial charge < -0.3 is 20.5 Å². The zero-order chi connectivity index (χ0) is 16.5. The summed E-state index contributed by atoms with van der Waals surface area (Å²) in [6, 6.07) is 6.92. The number of aromatic nitrogens is 1. The van der Waals surface area contributed by atoms with E-state index in [2.05, 4.69) is 21.8 Å². The molecule has 2 aliphatic rings. The third-order valence-electron chi connectivity index (χ3n) is 5.29. The lowest BCUT2D eigenvalue weighted by atomic mass is 9.93. The minimum atomic E-state index is 0. The van der Waals surface area contributed by atoms with E-state index in [0.29, 0.717) is 12.1 Å². The predicted molar refractivity (Wildman–Crippen MR) is 104 cm³/mol. The summed E-state index contributed by atoms with van der Waals surface area (Å²) in [5.41, 5.74) is 2.45. The highest BCUT2D eigenvalue weighted by atomic mass is 35.5. The van der Waals surface area contributed by atoms with E-state index >= 15 is 0 Å². The van der Waals surface area contributed by atoms with E-state index in [1.54, 1.807) is 0 Å². The highest BCUT2D eigenvalue weighted by Crippen LogP contribution is 2.25. The smallest absolute Gasteiger partial charge is 0.317 e. The average Bonchev–Trinajstić information content (AvgIpc) is 3.19. The summed E-state index contributed by atoms with van der Waals surface area (Å²) >= 11 is 6.13. The Kier molecular flexibility index (Phi) is 5.77. The number of rotatable bonds is 4. The van der Waals surface area contributed by atoms with E-state index in [1.165, 1.54) is 10.9 Å². The average molecular weight is 383 g/mol. The molecule has 5 nitrogen and oxygen atoms in total. The van der Waals surface area contributed by atoms with Crippen LogP contribution < -0.4 is 10.6 Å². The molecule has 2 amide bonds. The van der Waals surface area contributed by atoms with Crippen molar-refractivity contribution in [3.63, 3.8) is 0 Å². The number of carbonyl (C=O) groups is 1. The fourth-order valence-electron chi connectivity index (χ4n) is 4.01. The second-order valence-corrected chi connectivity index (χ2v) is 7.23. The van der Waals surface area contributed by atoms with E-state index < -0.39 is 0 Å². The van der Waals surface area contributed by atoms with Crippen LogP contribution in [0.25, 0.3) is 10.9 Å². The number of nitrogens with zero attached hydrogens (tertiary/aromatic N) is 1. The molecule has 2 unspecified atom stereocenters. The van der Waals surface area contributed by atoms with E-state index in [4.69, 9.17) is 11.6 Å². The van der Waals surface area contributed by atoms with Crippen molar-refractivity contribution in [3.05, 3.63) is 35.0 Å². The first kappa shape index (κ1) is 18.4. The third-order valence-corrected chi connectivity index (χ3v) is 5.52. The molecular weight excluding hydrogens is 359 g/mol. The van der Waals surface area contributed by atoms with Crippen LogP contribution in [-0.4, -0.2) is 47.6 Å². The molecular formula is C18H24Cl2N4O.